The molecule has 2 rings (SSSR count). The minimum atomic E-state index is 0.514. The highest BCUT2D eigenvalue weighted by Gasteiger charge is 2.24. The van der Waals surface area contributed by atoms with Crippen LogP contribution in [0.15, 0.2) is 0 Å². The maximum Gasteiger partial charge on any atom is 0.0587 e. The van der Waals surface area contributed by atoms with Crippen LogP contribution in [0.3, 0.4) is 0 Å². The molecule has 0 aromatic rings. The van der Waals surface area contributed by atoms with Crippen LogP contribution in [-0.2, 0) is 4.74 Å². The molecule has 2 nitrogen and oxygen atoms in total. The van der Waals surface area contributed by atoms with Gasteiger partial charge in [0.05, 0.1) is 6.10 Å². The minimum Gasteiger partial charge on any atom is -0.378 e. The van der Waals surface area contributed by atoms with Crippen molar-refractivity contribution in [3.8, 4) is 0 Å². The van der Waals surface area contributed by atoms with Crippen LogP contribution in [-0.4, -0.2) is 24.8 Å². The van der Waals surface area contributed by atoms with Crippen LogP contribution in [0.5, 0.6) is 0 Å². The first-order valence-corrected chi connectivity index (χ1v) is 6.76. The first-order chi connectivity index (χ1) is 7.38. The Hall–Kier alpha value is -0.0800. The molecule has 2 aliphatic rings. The molecule has 88 valence electrons. The lowest BCUT2D eigenvalue weighted by Gasteiger charge is -2.34. The number of hydrogen-bond donors (Lipinski definition) is 1. The van der Waals surface area contributed by atoms with E-state index in [0.717, 1.165) is 18.7 Å². The number of rotatable bonds is 3. The summed E-state index contributed by atoms with van der Waals surface area (Å²) in [7, 11) is 0. The Morgan fingerprint density at radius 3 is 2.60 bits per heavy atom. The molecule has 1 aliphatic heterocycles. The first-order valence-electron chi connectivity index (χ1n) is 6.76. The second kappa shape index (κ2) is 5.86. The van der Waals surface area contributed by atoms with Crippen LogP contribution < -0.4 is 5.32 Å². The van der Waals surface area contributed by atoms with Gasteiger partial charge in [0.25, 0.3) is 0 Å². The molecule has 0 spiro atoms. The van der Waals surface area contributed by atoms with Crippen LogP contribution in [0.2, 0.25) is 0 Å². The quantitative estimate of drug-likeness (QED) is 0.775. The molecular formula is C13H25NO. The van der Waals surface area contributed by atoms with E-state index in [4.69, 9.17) is 4.74 Å². The van der Waals surface area contributed by atoms with Crippen molar-refractivity contribution in [2.24, 2.45) is 0 Å². The molecule has 1 saturated heterocycles. The zero-order valence-corrected chi connectivity index (χ0v) is 10.0. The monoisotopic (exact) mass is 211 g/mol. The molecule has 2 heteroatoms. The maximum absolute atomic E-state index is 5.71. The summed E-state index contributed by atoms with van der Waals surface area (Å²) in [5.41, 5.74) is 0. The molecule has 1 aliphatic carbocycles. The summed E-state index contributed by atoms with van der Waals surface area (Å²) < 4.78 is 5.71. The fourth-order valence-electron chi connectivity index (χ4n) is 2.92. The van der Waals surface area contributed by atoms with Crippen molar-refractivity contribution in [2.45, 2.75) is 76.5 Å². The van der Waals surface area contributed by atoms with E-state index in [-0.39, 0.29) is 0 Å². The van der Waals surface area contributed by atoms with Gasteiger partial charge in [0.15, 0.2) is 0 Å². The van der Waals surface area contributed by atoms with Gasteiger partial charge in [-0.25, -0.2) is 0 Å². The Morgan fingerprint density at radius 1 is 1.07 bits per heavy atom. The Balaban J connectivity index is 1.72. The van der Waals surface area contributed by atoms with Gasteiger partial charge in [-0.15, -0.1) is 0 Å². The largest absolute Gasteiger partial charge is 0.378 e. The molecule has 2 fully saturated rings. The topological polar surface area (TPSA) is 21.3 Å². The summed E-state index contributed by atoms with van der Waals surface area (Å²) in [4.78, 5) is 0. The molecule has 0 aromatic carbocycles. The summed E-state index contributed by atoms with van der Waals surface area (Å²) >= 11 is 0. The van der Waals surface area contributed by atoms with Gasteiger partial charge in [-0.2, -0.15) is 0 Å². The van der Waals surface area contributed by atoms with E-state index in [9.17, 15) is 0 Å². The van der Waals surface area contributed by atoms with Crippen LogP contribution >= 0.6 is 0 Å². The van der Waals surface area contributed by atoms with Gasteiger partial charge in [-0.05, 0) is 32.1 Å². The summed E-state index contributed by atoms with van der Waals surface area (Å²) in [5.74, 6) is 0. The highest BCUT2D eigenvalue weighted by atomic mass is 16.5. The van der Waals surface area contributed by atoms with Crippen molar-refractivity contribution in [3.63, 3.8) is 0 Å². The molecular weight excluding hydrogens is 186 g/mol. The SMILES string of the molecule is CCC1CC(NC2CCCCC2)CCO1. The zero-order valence-electron chi connectivity index (χ0n) is 10.0. The molecule has 2 atom stereocenters. The highest BCUT2D eigenvalue weighted by Crippen LogP contribution is 2.21. The molecule has 2 unspecified atom stereocenters. The predicted octanol–water partition coefficient (Wildman–Crippen LogP) is 2.87. The van der Waals surface area contributed by atoms with Crippen molar-refractivity contribution >= 4 is 0 Å². The summed E-state index contributed by atoms with van der Waals surface area (Å²) in [5, 5.41) is 3.84. The predicted molar refractivity (Wildman–Crippen MR) is 63.1 cm³/mol. The molecule has 1 heterocycles. The third-order valence-corrected chi connectivity index (χ3v) is 3.90. The Labute approximate surface area is 93.8 Å². The van der Waals surface area contributed by atoms with E-state index >= 15 is 0 Å². The zero-order chi connectivity index (χ0) is 10.5. The number of ether oxygens (including phenoxy) is 1. The van der Waals surface area contributed by atoms with E-state index in [2.05, 4.69) is 12.2 Å². The van der Waals surface area contributed by atoms with Crippen molar-refractivity contribution in [2.75, 3.05) is 6.61 Å². The van der Waals surface area contributed by atoms with Crippen LogP contribution in [0.4, 0.5) is 0 Å². The van der Waals surface area contributed by atoms with Crippen LogP contribution in [0, 0.1) is 0 Å². The maximum atomic E-state index is 5.71. The van der Waals surface area contributed by atoms with Gasteiger partial charge >= 0.3 is 0 Å². The molecule has 0 amide bonds. The van der Waals surface area contributed by atoms with Gasteiger partial charge in [0.2, 0.25) is 0 Å². The number of hydrogen-bond acceptors (Lipinski definition) is 2. The van der Waals surface area contributed by atoms with Gasteiger partial charge in [0.1, 0.15) is 0 Å². The van der Waals surface area contributed by atoms with E-state index in [1.807, 2.05) is 0 Å². The van der Waals surface area contributed by atoms with E-state index in [1.54, 1.807) is 0 Å². The van der Waals surface area contributed by atoms with Crippen molar-refractivity contribution in [3.05, 3.63) is 0 Å². The van der Waals surface area contributed by atoms with Crippen molar-refractivity contribution < 1.29 is 4.74 Å². The fraction of sp³-hybridized carbons (Fsp3) is 1.00. The van der Waals surface area contributed by atoms with Crippen LogP contribution in [0.1, 0.15) is 58.3 Å². The van der Waals surface area contributed by atoms with Gasteiger partial charge < -0.3 is 10.1 Å². The Bertz CT molecular complexity index is 177. The molecule has 15 heavy (non-hydrogen) atoms. The summed E-state index contributed by atoms with van der Waals surface area (Å²) in [6.45, 7) is 3.19. The van der Waals surface area contributed by atoms with Gasteiger partial charge in [-0.1, -0.05) is 26.2 Å². The smallest absolute Gasteiger partial charge is 0.0587 e. The third-order valence-electron chi connectivity index (χ3n) is 3.90. The van der Waals surface area contributed by atoms with Crippen molar-refractivity contribution in [1.29, 1.82) is 0 Å². The molecule has 0 bridgehead atoms. The highest BCUT2D eigenvalue weighted by molar-refractivity contribution is 4.81. The normalized spacial score (nSPS) is 34.2. The fourth-order valence-corrected chi connectivity index (χ4v) is 2.92. The second-order valence-corrected chi connectivity index (χ2v) is 5.12. The standard InChI is InChI=1S/C13H25NO/c1-2-13-10-12(8-9-15-13)14-11-6-4-3-5-7-11/h11-14H,2-10H2,1H3. The van der Waals surface area contributed by atoms with E-state index in [1.165, 1.54) is 51.4 Å². The number of nitrogens with one attached hydrogen (secondary N) is 1. The molecule has 1 saturated carbocycles. The minimum absolute atomic E-state index is 0.514. The molecule has 0 aromatic heterocycles. The Morgan fingerprint density at radius 2 is 1.87 bits per heavy atom. The lowest BCUT2D eigenvalue weighted by atomic mass is 9.93. The van der Waals surface area contributed by atoms with Crippen LogP contribution in [0.25, 0.3) is 0 Å². The average molecular weight is 211 g/mol. The lowest BCUT2D eigenvalue weighted by molar-refractivity contribution is -0.00270. The van der Waals surface area contributed by atoms with E-state index < -0.39 is 0 Å². The van der Waals surface area contributed by atoms with Crippen molar-refractivity contribution in [1.82, 2.24) is 5.32 Å². The van der Waals surface area contributed by atoms with Gasteiger partial charge in [0, 0.05) is 18.7 Å². The average Bonchev–Trinajstić information content (AvgIpc) is 2.31. The van der Waals surface area contributed by atoms with E-state index in [0.29, 0.717) is 6.10 Å². The van der Waals surface area contributed by atoms with Gasteiger partial charge in [-0.3, -0.25) is 0 Å². The summed E-state index contributed by atoms with van der Waals surface area (Å²) in [6.07, 6.45) is 11.2. The first kappa shape index (κ1) is 11.4. The Kier molecular flexibility index (Phi) is 4.45. The molecule has 0 radical (unpaired) electrons. The second-order valence-electron chi connectivity index (χ2n) is 5.12. The lowest BCUT2D eigenvalue weighted by Crippen LogP contribution is -2.44. The molecule has 1 N–H and O–H groups in total. The third kappa shape index (κ3) is 3.46. The summed E-state index contributed by atoms with van der Waals surface area (Å²) in [6, 6.07) is 1.53.